The number of anilines is 2. The molecule has 0 fully saturated rings. The van der Waals surface area contributed by atoms with Crippen LogP contribution in [0.5, 0.6) is 5.75 Å². The van der Waals surface area contributed by atoms with Gasteiger partial charge in [0.05, 0.1) is 6.04 Å². The van der Waals surface area contributed by atoms with Crippen molar-refractivity contribution in [1.29, 1.82) is 0 Å². The van der Waals surface area contributed by atoms with Crippen LogP contribution in [0.15, 0.2) is 24.3 Å². The summed E-state index contributed by atoms with van der Waals surface area (Å²) in [6.07, 6.45) is -1.30. The third kappa shape index (κ3) is 4.54. The number of aromatic nitrogens is 3. The van der Waals surface area contributed by atoms with Crippen molar-refractivity contribution < 1.29 is 9.13 Å². The Balaban J connectivity index is 1.95. The summed E-state index contributed by atoms with van der Waals surface area (Å²) in [7, 11) is 0. The Labute approximate surface area is 129 Å². The van der Waals surface area contributed by atoms with Crippen molar-refractivity contribution in [3.8, 4) is 5.75 Å². The van der Waals surface area contributed by atoms with Gasteiger partial charge in [0, 0.05) is 0 Å². The third-order valence-corrected chi connectivity index (χ3v) is 2.89. The number of benzene rings is 1. The van der Waals surface area contributed by atoms with Gasteiger partial charge in [0.2, 0.25) is 11.9 Å². The highest BCUT2D eigenvalue weighted by Crippen LogP contribution is 2.15. The van der Waals surface area contributed by atoms with Gasteiger partial charge < -0.3 is 15.8 Å². The Morgan fingerprint density at radius 3 is 2.73 bits per heavy atom. The van der Waals surface area contributed by atoms with E-state index >= 15 is 0 Å². The lowest BCUT2D eigenvalue weighted by Gasteiger charge is -2.16. The Hall–Kier alpha value is -2.44. The van der Waals surface area contributed by atoms with Crippen molar-refractivity contribution in [2.75, 3.05) is 17.7 Å². The van der Waals surface area contributed by atoms with E-state index in [0.717, 1.165) is 11.3 Å². The summed E-state index contributed by atoms with van der Waals surface area (Å²) in [6, 6.07) is 7.71. The summed E-state index contributed by atoms with van der Waals surface area (Å²) >= 11 is 0. The number of ether oxygens (including phenoxy) is 1. The van der Waals surface area contributed by atoms with Gasteiger partial charge in [-0.2, -0.15) is 15.0 Å². The van der Waals surface area contributed by atoms with Crippen LogP contribution in [0.2, 0.25) is 0 Å². The summed E-state index contributed by atoms with van der Waals surface area (Å²) in [5, 5.41) is 3.03. The predicted molar refractivity (Wildman–Crippen MR) is 83.5 cm³/mol. The van der Waals surface area contributed by atoms with Crippen LogP contribution in [0, 0.1) is 6.92 Å². The van der Waals surface area contributed by atoms with Gasteiger partial charge in [-0.1, -0.05) is 12.1 Å². The van der Waals surface area contributed by atoms with E-state index in [1.165, 1.54) is 6.92 Å². The zero-order chi connectivity index (χ0) is 16.1. The van der Waals surface area contributed by atoms with Crippen molar-refractivity contribution in [1.82, 2.24) is 15.0 Å². The van der Waals surface area contributed by atoms with Crippen LogP contribution in [-0.2, 0) is 0 Å². The zero-order valence-electron chi connectivity index (χ0n) is 12.9. The second kappa shape index (κ2) is 7.02. The fraction of sp³-hybridized carbons (Fsp3) is 0.400. The standard InChI is InChI=1S/C15H20FN5O/c1-9-5-4-6-12(7-9)22-8-10(2)18-15-20-13(11(3)16)19-14(17)21-15/h4-7,10-11H,8H2,1-3H3,(H3,17,18,19,20,21). The Bertz CT molecular complexity index is 635. The summed E-state index contributed by atoms with van der Waals surface area (Å²) in [5.41, 5.74) is 6.68. The number of rotatable bonds is 6. The highest BCUT2D eigenvalue weighted by molar-refractivity contribution is 5.32. The Morgan fingerprint density at radius 2 is 2.05 bits per heavy atom. The second-order valence-corrected chi connectivity index (χ2v) is 5.16. The monoisotopic (exact) mass is 305 g/mol. The molecule has 2 aromatic rings. The van der Waals surface area contributed by atoms with Crippen LogP contribution >= 0.6 is 0 Å². The molecule has 0 amide bonds. The van der Waals surface area contributed by atoms with Crippen molar-refractivity contribution in [2.24, 2.45) is 0 Å². The number of nitrogens with two attached hydrogens (primary N) is 1. The summed E-state index contributed by atoms with van der Waals surface area (Å²) in [4.78, 5) is 11.7. The van der Waals surface area contributed by atoms with Gasteiger partial charge in [-0.3, -0.25) is 0 Å². The Kier molecular flexibility index (Phi) is 5.08. The third-order valence-electron chi connectivity index (χ3n) is 2.89. The molecular formula is C15H20FN5O. The SMILES string of the molecule is Cc1cccc(OCC(C)Nc2nc(N)nc(C(C)F)n2)c1. The summed E-state index contributed by atoms with van der Waals surface area (Å²) < 4.78 is 19.0. The highest BCUT2D eigenvalue weighted by atomic mass is 19.1. The van der Waals surface area contributed by atoms with E-state index in [0.29, 0.717) is 6.61 Å². The van der Waals surface area contributed by atoms with E-state index < -0.39 is 6.17 Å². The van der Waals surface area contributed by atoms with Crippen LogP contribution in [0.4, 0.5) is 16.3 Å². The van der Waals surface area contributed by atoms with E-state index in [2.05, 4.69) is 20.3 Å². The molecule has 1 aromatic carbocycles. The molecule has 6 nitrogen and oxygen atoms in total. The minimum Gasteiger partial charge on any atom is -0.491 e. The van der Waals surface area contributed by atoms with Gasteiger partial charge >= 0.3 is 0 Å². The lowest BCUT2D eigenvalue weighted by Crippen LogP contribution is -2.25. The quantitative estimate of drug-likeness (QED) is 0.853. The normalized spacial score (nSPS) is 13.5. The number of nitrogens with one attached hydrogen (secondary N) is 1. The molecule has 2 rings (SSSR count). The molecule has 0 radical (unpaired) electrons. The first-order valence-electron chi connectivity index (χ1n) is 7.05. The number of nitrogens with zero attached hydrogens (tertiary/aromatic N) is 3. The predicted octanol–water partition coefficient (Wildman–Crippen LogP) is 2.67. The molecule has 22 heavy (non-hydrogen) atoms. The number of hydrogen-bond donors (Lipinski definition) is 2. The minimum atomic E-state index is -1.30. The molecule has 0 saturated carbocycles. The van der Waals surface area contributed by atoms with E-state index in [1.807, 2.05) is 38.1 Å². The molecule has 7 heteroatoms. The number of aryl methyl sites for hydroxylation is 1. The first kappa shape index (κ1) is 15.9. The van der Waals surface area contributed by atoms with E-state index in [-0.39, 0.29) is 23.8 Å². The maximum atomic E-state index is 13.3. The number of alkyl halides is 1. The zero-order valence-corrected chi connectivity index (χ0v) is 12.9. The second-order valence-electron chi connectivity index (χ2n) is 5.16. The number of nitrogen functional groups attached to an aromatic ring is 1. The maximum Gasteiger partial charge on any atom is 0.228 e. The van der Waals surface area contributed by atoms with E-state index in [1.54, 1.807) is 0 Å². The molecule has 0 bridgehead atoms. The summed E-state index contributed by atoms with van der Waals surface area (Å²) in [6.45, 7) is 5.68. The van der Waals surface area contributed by atoms with Crippen molar-refractivity contribution in [3.63, 3.8) is 0 Å². The average Bonchev–Trinajstić information content (AvgIpc) is 2.44. The highest BCUT2D eigenvalue weighted by Gasteiger charge is 2.12. The molecule has 0 spiro atoms. The van der Waals surface area contributed by atoms with Crippen molar-refractivity contribution in [3.05, 3.63) is 35.7 Å². The van der Waals surface area contributed by atoms with Gasteiger partial charge in [-0.25, -0.2) is 4.39 Å². The molecule has 3 N–H and O–H groups in total. The molecule has 2 unspecified atom stereocenters. The molecule has 0 saturated heterocycles. The van der Waals surface area contributed by atoms with E-state index in [4.69, 9.17) is 10.5 Å². The molecule has 118 valence electrons. The van der Waals surface area contributed by atoms with Gasteiger partial charge in [0.15, 0.2) is 12.0 Å². The minimum absolute atomic E-state index is 0.0104. The van der Waals surface area contributed by atoms with Crippen molar-refractivity contribution >= 4 is 11.9 Å². The maximum absolute atomic E-state index is 13.3. The lowest BCUT2D eigenvalue weighted by molar-refractivity contribution is 0.303. The summed E-state index contributed by atoms with van der Waals surface area (Å²) in [5.74, 6) is 1.04. The molecule has 2 atom stereocenters. The largest absolute Gasteiger partial charge is 0.491 e. The van der Waals surface area contributed by atoms with Crippen LogP contribution in [0.25, 0.3) is 0 Å². The number of halogens is 1. The molecule has 0 aliphatic carbocycles. The van der Waals surface area contributed by atoms with Crippen LogP contribution in [0.3, 0.4) is 0 Å². The topological polar surface area (TPSA) is 86.0 Å². The van der Waals surface area contributed by atoms with Crippen molar-refractivity contribution in [2.45, 2.75) is 33.0 Å². The van der Waals surface area contributed by atoms with Gasteiger partial charge in [0.1, 0.15) is 12.4 Å². The lowest BCUT2D eigenvalue weighted by atomic mass is 10.2. The smallest absolute Gasteiger partial charge is 0.228 e. The molecular weight excluding hydrogens is 285 g/mol. The fourth-order valence-electron chi connectivity index (χ4n) is 1.84. The molecule has 1 aromatic heterocycles. The molecule has 0 aliphatic rings. The fourth-order valence-corrected chi connectivity index (χ4v) is 1.84. The van der Waals surface area contributed by atoms with E-state index in [9.17, 15) is 4.39 Å². The first-order valence-corrected chi connectivity index (χ1v) is 7.05. The van der Waals surface area contributed by atoms with Gasteiger partial charge in [-0.05, 0) is 38.5 Å². The van der Waals surface area contributed by atoms with Gasteiger partial charge in [0.25, 0.3) is 0 Å². The van der Waals surface area contributed by atoms with Gasteiger partial charge in [-0.15, -0.1) is 0 Å². The molecule has 1 heterocycles. The molecule has 0 aliphatic heterocycles. The number of hydrogen-bond acceptors (Lipinski definition) is 6. The van der Waals surface area contributed by atoms with Crippen LogP contribution < -0.4 is 15.8 Å². The van der Waals surface area contributed by atoms with Crippen LogP contribution in [-0.4, -0.2) is 27.6 Å². The first-order chi connectivity index (χ1) is 10.4. The average molecular weight is 305 g/mol. The van der Waals surface area contributed by atoms with Crippen LogP contribution in [0.1, 0.15) is 31.4 Å². The Morgan fingerprint density at radius 1 is 1.27 bits per heavy atom.